The van der Waals surface area contributed by atoms with Crippen molar-refractivity contribution in [2.75, 3.05) is 11.1 Å². The van der Waals surface area contributed by atoms with Crippen LogP contribution >= 0.6 is 27.7 Å². The Labute approximate surface area is 142 Å². The highest BCUT2D eigenvalue weighted by molar-refractivity contribution is 9.10. The molecule has 0 radical (unpaired) electrons. The fourth-order valence-corrected chi connectivity index (χ4v) is 3.23. The monoisotopic (exact) mass is 381 g/mol. The number of aryl methyl sites for hydroxylation is 2. The van der Waals surface area contributed by atoms with Crippen molar-refractivity contribution in [2.45, 2.75) is 19.6 Å². The van der Waals surface area contributed by atoms with Gasteiger partial charge in [0.1, 0.15) is 5.82 Å². The molecule has 0 unspecified atom stereocenters. The minimum absolute atomic E-state index is 0.0695. The summed E-state index contributed by atoms with van der Waals surface area (Å²) in [5.74, 6) is 0.444. The molecule has 5 heteroatoms. The first-order valence-electron chi connectivity index (χ1n) is 6.85. The smallest absolute Gasteiger partial charge is 0.234 e. The topological polar surface area (TPSA) is 29.1 Å². The van der Waals surface area contributed by atoms with E-state index in [9.17, 15) is 9.18 Å². The molecule has 1 amide bonds. The number of rotatable bonds is 5. The van der Waals surface area contributed by atoms with E-state index < -0.39 is 0 Å². The summed E-state index contributed by atoms with van der Waals surface area (Å²) in [4.78, 5) is 12.0. The molecule has 0 fully saturated rings. The van der Waals surface area contributed by atoms with Gasteiger partial charge in [-0.1, -0.05) is 40.2 Å². The SMILES string of the molecule is Cc1cccc(C)c1NC(=O)CSCc1ccc(Br)cc1F. The molecule has 1 N–H and O–H groups in total. The first-order valence-corrected chi connectivity index (χ1v) is 8.80. The Morgan fingerprint density at radius 2 is 1.91 bits per heavy atom. The Morgan fingerprint density at radius 1 is 1.23 bits per heavy atom. The van der Waals surface area contributed by atoms with Crippen LogP contribution in [0.2, 0.25) is 0 Å². The molecule has 0 spiro atoms. The van der Waals surface area contributed by atoms with Crippen molar-refractivity contribution < 1.29 is 9.18 Å². The zero-order valence-corrected chi connectivity index (χ0v) is 14.9. The van der Waals surface area contributed by atoms with Gasteiger partial charge in [0.05, 0.1) is 5.75 Å². The van der Waals surface area contributed by atoms with Gasteiger partial charge >= 0.3 is 0 Å². The van der Waals surface area contributed by atoms with Crippen molar-refractivity contribution in [3.8, 4) is 0 Å². The molecule has 0 aromatic heterocycles. The van der Waals surface area contributed by atoms with Crippen molar-refractivity contribution in [2.24, 2.45) is 0 Å². The number of thioether (sulfide) groups is 1. The molecule has 0 saturated carbocycles. The van der Waals surface area contributed by atoms with Gasteiger partial charge in [0.15, 0.2) is 0 Å². The Bertz CT molecular complexity index is 670. The second-order valence-corrected chi connectivity index (χ2v) is 6.94. The van der Waals surface area contributed by atoms with Gasteiger partial charge in [0, 0.05) is 15.9 Å². The summed E-state index contributed by atoms with van der Waals surface area (Å²) < 4.78 is 14.4. The van der Waals surface area contributed by atoms with E-state index >= 15 is 0 Å². The van der Waals surface area contributed by atoms with Gasteiger partial charge in [-0.2, -0.15) is 0 Å². The number of benzene rings is 2. The van der Waals surface area contributed by atoms with Crippen LogP contribution in [0.5, 0.6) is 0 Å². The van der Waals surface area contributed by atoms with E-state index in [0.717, 1.165) is 16.8 Å². The molecule has 2 nitrogen and oxygen atoms in total. The predicted molar refractivity (Wildman–Crippen MR) is 94.8 cm³/mol. The molecule has 0 atom stereocenters. The molecule has 0 aliphatic rings. The van der Waals surface area contributed by atoms with Crippen molar-refractivity contribution in [1.29, 1.82) is 0 Å². The van der Waals surface area contributed by atoms with Gasteiger partial charge in [-0.3, -0.25) is 4.79 Å². The average molecular weight is 382 g/mol. The fraction of sp³-hybridized carbons (Fsp3) is 0.235. The summed E-state index contributed by atoms with van der Waals surface area (Å²) in [5.41, 5.74) is 3.55. The molecule has 0 heterocycles. The summed E-state index contributed by atoms with van der Waals surface area (Å²) >= 11 is 4.63. The lowest BCUT2D eigenvalue weighted by atomic mass is 10.1. The Kier molecular flexibility index (Phi) is 6.03. The van der Waals surface area contributed by atoms with Crippen LogP contribution in [0.3, 0.4) is 0 Å². The Hall–Kier alpha value is -1.33. The highest BCUT2D eigenvalue weighted by Crippen LogP contribution is 2.22. The first-order chi connectivity index (χ1) is 10.5. The van der Waals surface area contributed by atoms with E-state index in [1.54, 1.807) is 12.1 Å². The summed E-state index contributed by atoms with van der Waals surface area (Å²) in [7, 11) is 0. The number of carbonyl (C=O) groups excluding carboxylic acids is 1. The van der Waals surface area contributed by atoms with E-state index in [1.807, 2.05) is 32.0 Å². The molecule has 0 bridgehead atoms. The Morgan fingerprint density at radius 3 is 2.55 bits per heavy atom. The van der Waals surface area contributed by atoms with E-state index in [4.69, 9.17) is 0 Å². The van der Waals surface area contributed by atoms with Gasteiger partial charge in [0.2, 0.25) is 5.91 Å². The van der Waals surface area contributed by atoms with Gasteiger partial charge in [-0.05, 0) is 42.7 Å². The Balaban J connectivity index is 1.88. The maximum atomic E-state index is 13.7. The number of hydrogen-bond acceptors (Lipinski definition) is 2. The normalized spacial score (nSPS) is 10.5. The summed E-state index contributed by atoms with van der Waals surface area (Å²) in [5, 5.41) is 2.93. The van der Waals surface area contributed by atoms with Crippen molar-refractivity contribution in [3.05, 3.63) is 63.4 Å². The van der Waals surface area contributed by atoms with Crippen molar-refractivity contribution in [3.63, 3.8) is 0 Å². The minimum atomic E-state index is -0.253. The molecule has 116 valence electrons. The zero-order chi connectivity index (χ0) is 16.1. The van der Waals surface area contributed by atoms with Crippen molar-refractivity contribution in [1.82, 2.24) is 0 Å². The van der Waals surface area contributed by atoms with Crippen LogP contribution in [0.25, 0.3) is 0 Å². The minimum Gasteiger partial charge on any atom is -0.325 e. The standard InChI is InChI=1S/C17H17BrFNOS/c1-11-4-3-5-12(2)17(11)20-16(21)10-22-9-13-6-7-14(18)8-15(13)19/h3-8H,9-10H2,1-2H3,(H,20,21). The van der Waals surface area contributed by atoms with Crippen LogP contribution in [0.15, 0.2) is 40.9 Å². The van der Waals surface area contributed by atoms with Gasteiger partial charge in [-0.15, -0.1) is 11.8 Å². The molecule has 2 aromatic rings. The molecular formula is C17H17BrFNOS. The molecule has 2 rings (SSSR count). The summed E-state index contributed by atoms with van der Waals surface area (Å²) in [6, 6.07) is 10.9. The predicted octanol–water partition coefficient (Wildman–Crippen LogP) is 5.08. The third-order valence-electron chi connectivity index (χ3n) is 3.25. The summed E-state index contributed by atoms with van der Waals surface area (Å²) in [6.45, 7) is 3.93. The molecule has 0 aliphatic heterocycles. The average Bonchev–Trinajstić information content (AvgIpc) is 2.45. The zero-order valence-electron chi connectivity index (χ0n) is 12.5. The highest BCUT2D eigenvalue weighted by Gasteiger charge is 2.08. The van der Waals surface area contributed by atoms with Crippen LogP contribution in [0.1, 0.15) is 16.7 Å². The largest absolute Gasteiger partial charge is 0.325 e. The highest BCUT2D eigenvalue weighted by atomic mass is 79.9. The number of amides is 1. The van der Waals surface area contributed by atoms with Crippen LogP contribution in [0.4, 0.5) is 10.1 Å². The van der Waals surface area contributed by atoms with Gasteiger partial charge < -0.3 is 5.32 Å². The van der Waals surface area contributed by atoms with Gasteiger partial charge in [-0.25, -0.2) is 4.39 Å². The van der Waals surface area contributed by atoms with E-state index in [0.29, 0.717) is 21.5 Å². The number of para-hydroxylation sites is 1. The molecular weight excluding hydrogens is 365 g/mol. The summed E-state index contributed by atoms with van der Waals surface area (Å²) in [6.07, 6.45) is 0. The quantitative estimate of drug-likeness (QED) is 0.782. The van der Waals surface area contributed by atoms with Crippen molar-refractivity contribution >= 4 is 39.3 Å². The lowest BCUT2D eigenvalue weighted by molar-refractivity contribution is -0.113. The fourth-order valence-electron chi connectivity index (χ4n) is 2.08. The molecule has 0 aliphatic carbocycles. The number of carbonyl (C=O) groups is 1. The van der Waals surface area contributed by atoms with Gasteiger partial charge in [0.25, 0.3) is 0 Å². The van der Waals surface area contributed by atoms with E-state index in [1.165, 1.54) is 17.8 Å². The third-order valence-corrected chi connectivity index (χ3v) is 4.73. The van der Waals surface area contributed by atoms with Crippen LogP contribution in [0, 0.1) is 19.7 Å². The second kappa shape index (κ2) is 7.79. The third kappa shape index (κ3) is 4.58. The maximum Gasteiger partial charge on any atom is 0.234 e. The number of nitrogens with one attached hydrogen (secondary N) is 1. The number of anilines is 1. The first kappa shape index (κ1) is 17.0. The van der Waals surface area contributed by atoms with Crippen LogP contribution in [-0.4, -0.2) is 11.7 Å². The molecule has 0 saturated heterocycles. The van der Waals surface area contributed by atoms with Crippen LogP contribution in [-0.2, 0) is 10.5 Å². The lowest BCUT2D eigenvalue weighted by Crippen LogP contribution is -2.16. The molecule has 2 aromatic carbocycles. The number of halogens is 2. The van der Waals surface area contributed by atoms with E-state index in [-0.39, 0.29) is 11.7 Å². The second-order valence-electron chi connectivity index (χ2n) is 5.04. The molecule has 22 heavy (non-hydrogen) atoms. The lowest BCUT2D eigenvalue weighted by Gasteiger charge is -2.11. The van der Waals surface area contributed by atoms with Crippen LogP contribution < -0.4 is 5.32 Å². The van der Waals surface area contributed by atoms with E-state index in [2.05, 4.69) is 21.2 Å². The number of hydrogen-bond donors (Lipinski definition) is 1. The maximum absolute atomic E-state index is 13.7.